The average molecular weight is 451 g/mol. The number of benzene rings is 4. The van der Waals surface area contributed by atoms with Crippen LogP contribution < -0.4 is 0 Å². The monoisotopic (exact) mass is 450 g/mol. The molecule has 0 bridgehead atoms. The molecule has 0 atom stereocenters. The summed E-state index contributed by atoms with van der Waals surface area (Å²) in [6.07, 6.45) is 0. The lowest BCUT2D eigenvalue weighted by molar-refractivity contribution is -0.140. The van der Waals surface area contributed by atoms with E-state index >= 15 is 0 Å². The molecule has 0 aromatic heterocycles. The van der Waals surface area contributed by atoms with E-state index in [9.17, 15) is 4.79 Å². The molecule has 4 aromatic carbocycles. The maximum atomic E-state index is 12.7. The average Bonchev–Trinajstić information content (AvgIpc) is 2.90. The van der Waals surface area contributed by atoms with Crippen molar-refractivity contribution in [3.05, 3.63) is 156 Å². The van der Waals surface area contributed by atoms with Crippen molar-refractivity contribution in [1.82, 2.24) is 0 Å². The highest BCUT2D eigenvalue weighted by molar-refractivity contribution is 8.00. The van der Waals surface area contributed by atoms with Gasteiger partial charge in [0.1, 0.15) is 6.61 Å². The Kier molecular flexibility index (Phi) is 7.43. The lowest BCUT2D eigenvalue weighted by Gasteiger charge is -2.35. The van der Waals surface area contributed by atoms with Gasteiger partial charge in [0.25, 0.3) is 0 Å². The van der Waals surface area contributed by atoms with Crippen molar-refractivity contribution in [3.63, 3.8) is 0 Å². The van der Waals surface area contributed by atoms with Crippen LogP contribution in [0.4, 0.5) is 0 Å². The van der Waals surface area contributed by atoms with Gasteiger partial charge in [0.05, 0.1) is 4.75 Å². The largest absolute Gasteiger partial charge is 0.457 e. The Morgan fingerprint density at radius 2 is 1.06 bits per heavy atom. The summed E-state index contributed by atoms with van der Waals surface area (Å²) >= 11 is 1.69. The molecule has 0 saturated heterocycles. The Balaban J connectivity index is 1.63. The van der Waals surface area contributed by atoms with Crippen molar-refractivity contribution in [2.24, 2.45) is 0 Å². The fraction of sp³-hybridized carbons (Fsp3) is 0.100. The second kappa shape index (κ2) is 10.8. The molecule has 164 valence electrons. The predicted octanol–water partition coefficient (Wildman–Crippen LogP) is 7.01. The van der Waals surface area contributed by atoms with Crippen molar-refractivity contribution in [2.45, 2.75) is 11.4 Å². The summed E-state index contributed by atoms with van der Waals surface area (Å²) in [6, 6.07) is 40.9. The van der Waals surface area contributed by atoms with Gasteiger partial charge in [-0.25, -0.2) is 4.79 Å². The van der Waals surface area contributed by atoms with Crippen LogP contribution in [0.5, 0.6) is 0 Å². The fourth-order valence-corrected chi connectivity index (χ4v) is 5.26. The van der Waals surface area contributed by atoms with Crippen LogP contribution in [0.25, 0.3) is 0 Å². The van der Waals surface area contributed by atoms with Gasteiger partial charge in [-0.2, -0.15) is 0 Å². The molecule has 0 fully saturated rings. The molecule has 0 saturated carbocycles. The van der Waals surface area contributed by atoms with Crippen molar-refractivity contribution in [1.29, 1.82) is 0 Å². The second-order valence-corrected chi connectivity index (χ2v) is 8.92. The van der Waals surface area contributed by atoms with E-state index in [0.717, 1.165) is 22.3 Å². The van der Waals surface area contributed by atoms with Gasteiger partial charge in [0.2, 0.25) is 0 Å². The fourth-order valence-electron chi connectivity index (χ4n) is 3.85. The van der Waals surface area contributed by atoms with Crippen LogP contribution >= 0.6 is 11.8 Å². The Hall–Kier alpha value is -3.56. The van der Waals surface area contributed by atoms with E-state index in [2.05, 4.69) is 79.4 Å². The SMILES string of the molecule is C=C(CSC(c1ccccc1)(c1ccccc1)c1ccccc1)C(=O)OCc1ccccc1. The third-order valence-electron chi connectivity index (χ3n) is 5.51. The van der Waals surface area contributed by atoms with E-state index in [-0.39, 0.29) is 12.6 Å². The first kappa shape index (κ1) is 22.6. The number of esters is 1. The molecule has 4 aromatic rings. The number of ether oxygens (including phenoxy) is 1. The van der Waals surface area contributed by atoms with Crippen LogP contribution in [0.2, 0.25) is 0 Å². The van der Waals surface area contributed by atoms with E-state index in [1.807, 2.05) is 48.5 Å². The maximum absolute atomic E-state index is 12.7. The number of rotatable bonds is 9. The zero-order valence-corrected chi connectivity index (χ0v) is 19.2. The number of thioether (sulfide) groups is 1. The minimum atomic E-state index is -0.494. The van der Waals surface area contributed by atoms with Crippen molar-refractivity contribution < 1.29 is 9.53 Å². The molecule has 0 spiro atoms. The molecule has 3 heteroatoms. The standard InChI is InChI=1S/C30H26O2S/c1-24(29(31)32-22-25-14-6-2-7-15-25)23-33-30(26-16-8-3-9-17-26,27-18-10-4-11-19-27)28-20-12-5-13-21-28/h2-21H,1,22-23H2. The molecular weight excluding hydrogens is 424 g/mol. The smallest absolute Gasteiger partial charge is 0.334 e. The lowest BCUT2D eigenvalue weighted by atomic mass is 9.84. The van der Waals surface area contributed by atoms with Gasteiger partial charge >= 0.3 is 5.97 Å². The van der Waals surface area contributed by atoms with Crippen LogP contribution in [0.1, 0.15) is 22.3 Å². The van der Waals surface area contributed by atoms with Crippen LogP contribution in [0.3, 0.4) is 0 Å². The predicted molar refractivity (Wildman–Crippen MR) is 137 cm³/mol. The van der Waals surface area contributed by atoms with Gasteiger partial charge in [-0.15, -0.1) is 11.8 Å². The van der Waals surface area contributed by atoms with Crippen LogP contribution in [0, 0.1) is 0 Å². The summed E-state index contributed by atoms with van der Waals surface area (Å²) < 4.78 is 5.03. The van der Waals surface area contributed by atoms with E-state index in [1.165, 1.54) is 0 Å². The minimum absolute atomic E-state index is 0.241. The quantitative estimate of drug-likeness (QED) is 0.156. The Morgan fingerprint density at radius 1 is 0.667 bits per heavy atom. The molecule has 0 amide bonds. The molecule has 0 radical (unpaired) electrons. The lowest BCUT2D eigenvalue weighted by Crippen LogP contribution is -2.27. The van der Waals surface area contributed by atoms with E-state index in [1.54, 1.807) is 11.8 Å². The van der Waals surface area contributed by atoms with Crippen LogP contribution in [-0.2, 0) is 20.9 Å². The van der Waals surface area contributed by atoms with Crippen LogP contribution in [-0.4, -0.2) is 11.7 Å². The third-order valence-corrected chi connectivity index (χ3v) is 7.14. The summed E-state index contributed by atoms with van der Waals surface area (Å²) in [5.74, 6) is 0.0706. The van der Waals surface area contributed by atoms with Crippen molar-refractivity contribution in [2.75, 3.05) is 5.75 Å². The first-order chi connectivity index (χ1) is 16.2. The zero-order valence-electron chi connectivity index (χ0n) is 18.4. The summed E-state index contributed by atoms with van der Waals surface area (Å²) in [5.41, 5.74) is 4.86. The number of hydrogen-bond donors (Lipinski definition) is 0. The molecule has 33 heavy (non-hydrogen) atoms. The van der Waals surface area contributed by atoms with Gasteiger partial charge in [-0.3, -0.25) is 0 Å². The number of hydrogen-bond acceptors (Lipinski definition) is 3. The third kappa shape index (κ3) is 5.27. The molecule has 0 unspecified atom stereocenters. The Bertz CT molecular complexity index is 1080. The molecule has 0 N–H and O–H groups in total. The summed E-state index contributed by atoms with van der Waals surface area (Å²) in [7, 11) is 0. The first-order valence-electron chi connectivity index (χ1n) is 10.9. The zero-order chi connectivity index (χ0) is 22.9. The maximum Gasteiger partial charge on any atom is 0.334 e. The van der Waals surface area contributed by atoms with Crippen molar-refractivity contribution in [3.8, 4) is 0 Å². The van der Waals surface area contributed by atoms with E-state index in [0.29, 0.717) is 11.3 Å². The Labute approximate surface area is 200 Å². The molecule has 0 heterocycles. The topological polar surface area (TPSA) is 26.3 Å². The highest BCUT2D eigenvalue weighted by atomic mass is 32.2. The van der Waals surface area contributed by atoms with Gasteiger partial charge in [0, 0.05) is 11.3 Å². The van der Waals surface area contributed by atoms with Gasteiger partial charge < -0.3 is 4.74 Å². The van der Waals surface area contributed by atoms with Crippen molar-refractivity contribution >= 4 is 17.7 Å². The summed E-state index contributed by atoms with van der Waals surface area (Å²) in [4.78, 5) is 12.7. The number of carbonyl (C=O) groups excluding carboxylic acids is 1. The normalized spacial score (nSPS) is 11.0. The first-order valence-corrected chi connectivity index (χ1v) is 11.9. The van der Waals surface area contributed by atoms with E-state index < -0.39 is 4.75 Å². The molecule has 0 aliphatic rings. The number of carbonyl (C=O) groups is 1. The van der Waals surface area contributed by atoms with Gasteiger partial charge in [-0.05, 0) is 22.3 Å². The highest BCUT2D eigenvalue weighted by Gasteiger charge is 2.37. The second-order valence-electron chi connectivity index (χ2n) is 7.73. The molecule has 0 aliphatic carbocycles. The summed E-state index contributed by atoms with van der Waals surface area (Å²) in [6.45, 7) is 4.30. The molecule has 0 aliphatic heterocycles. The van der Waals surface area contributed by atoms with E-state index in [4.69, 9.17) is 4.74 Å². The van der Waals surface area contributed by atoms with Crippen LogP contribution in [0.15, 0.2) is 133 Å². The molecular formula is C30H26O2S. The molecule has 2 nitrogen and oxygen atoms in total. The Morgan fingerprint density at radius 3 is 1.48 bits per heavy atom. The minimum Gasteiger partial charge on any atom is -0.457 e. The highest BCUT2D eigenvalue weighted by Crippen LogP contribution is 2.48. The molecule has 4 rings (SSSR count). The van der Waals surface area contributed by atoms with Gasteiger partial charge in [-0.1, -0.05) is 128 Å². The van der Waals surface area contributed by atoms with Gasteiger partial charge in [0.15, 0.2) is 0 Å². The summed E-state index contributed by atoms with van der Waals surface area (Å²) in [5, 5.41) is 0.